The molecule has 1 amide bonds. The number of amides is 1. The first-order chi connectivity index (χ1) is 12.4. The van der Waals surface area contributed by atoms with E-state index in [2.05, 4.69) is 0 Å². The van der Waals surface area contributed by atoms with E-state index in [9.17, 15) is 9.59 Å². The molecule has 6 nitrogen and oxygen atoms in total. The predicted molar refractivity (Wildman–Crippen MR) is 102 cm³/mol. The Morgan fingerprint density at radius 2 is 1.59 bits per heavy atom. The van der Waals surface area contributed by atoms with Crippen LogP contribution in [-0.4, -0.2) is 46.9 Å². The molecule has 0 aromatic heterocycles. The number of rotatable bonds is 4. The molecular weight excluding hydrogens is 346 g/mol. The van der Waals surface area contributed by atoms with Crippen LogP contribution in [0.15, 0.2) is 30.3 Å². The highest BCUT2D eigenvalue weighted by molar-refractivity contribution is 5.82. The molecule has 0 radical (unpaired) electrons. The zero-order valence-corrected chi connectivity index (χ0v) is 17.2. The Kier molecular flexibility index (Phi) is 6.52. The van der Waals surface area contributed by atoms with Crippen LogP contribution >= 0.6 is 0 Å². The van der Waals surface area contributed by atoms with E-state index in [0.29, 0.717) is 19.6 Å². The predicted octanol–water partition coefficient (Wildman–Crippen LogP) is 3.92. The highest BCUT2D eigenvalue weighted by atomic mass is 16.6. The van der Waals surface area contributed by atoms with Gasteiger partial charge < -0.3 is 14.2 Å². The van der Waals surface area contributed by atoms with Crippen LogP contribution in [0.2, 0.25) is 0 Å². The number of benzene rings is 1. The Labute approximate surface area is 161 Å². The molecule has 1 aliphatic rings. The summed E-state index contributed by atoms with van der Waals surface area (Å²) in [6, 6.07) is 9.09. The van der Waals surface area contributed by atoms with E-state index in [1.165, 1.54) is 4.90 Å². The van der Waals surface area contributed by atoms with Gasteiger partial charge in [-0.3, -0.25) is 4.90 Å². The minimum absolute atomic E-state index is 0.254. The van der Waals surface area contributed by atoms with E-state index < -0.39 is 29.3 Å². The van der Waals surface area contributed by atoms with Gasteiger partial charge in [-0.1, -0.05) is 30.3 Å². The van der Waals surface area contributed by atoms with E-state index in [1.807, 2.05) is 30.3 Å². The largest absolute Gasteiger partial charge is 0.458 e. The number of esters is 1. The van der Waals surface area contributed by atoms with Crippen molar-refractivity contribution in [2.75, 3.05) is 6.54 Å². The second-order valence-electron chi connectivity index (χ2n) is 8.84. The van der Waals surface area contributed by atoms with Crippen LogP contribution < -0.4 is 0 Å². The molecule has 6 heteroatoms. The lowest BCUT2D eigenvalue weighted by atomic mass is 10.1. The number of carbonyl (C=O) groups excluding carboxylic acids is 2. The van der Waals surface area contributed by atoms with Gasteiger partial charge in [-0.25, -0.2) is 9.59 Å². The van der Waals surface area contributed by atoms with Crippen LogP contribution in [0.3, 0.4) is 0 Å². The standard InChI is InChI=1S/C21H31NO5/c1-20(2,3)26-18(23)17-12-16(25-14-15-10-8-7-9-11-15)13-22(17)19(24)27-21(4,5)6/h7-11,16-17H,12-14H2,1-6H3/t16-,17+/m1/s1. The summed E-state index contributed by atoms with van der Waals surface area (Å²) in [4.78, 5) is 26.7. The van der Waals surface area contributed by atoms with Crippen LogP contribution in [0, 0.1) is 0 Å². The summed E-state index contributed by atoms with van der Waals surface area (Å²) in [5, 5.41) is 0. The second-order valence-corrected chi connectivity index (χ2v) is 8.84. The van der Waals surface area contributed by atoms with Crippen molar-refractivity contribution in [1.29, 1.82) is 0 Å². The Bertz CT molecular complexity index is 609. The summed E-state index contributed by atoms with van der Waals surface area (Å²) in [7, 11) is 0. The van der Waals surface area contributed by atoms with Gasteiger partial charge in [0.25, 0.3) is 0 Å². The van der Waals surface area contributed by atoms with Gasteiger partial charge in [0.15, 0.2) is 0 Å². The van der Waals surface area contributed by atoms with Crippen LogP contribution in [0.5, 0.6) is 0 Å². The van der Waals surface area contributed by atoms with Crippen molar-refractivity contribution in [3.05, 3.63) is 35.9 Å². The summed E-state index contributed by atoms with van der Waals surface area (Å²) < 4.78 is 16.9. The lowest BCUT2D eigenvalue weighted by molar-refractivity contribution is -0.160. The average molecular weight is 377 g/mol. The third-order valence-corrected chi connectivity index (χ3v) is 3.90. The van der Waals surface area contributed by atoms with Crippen LogP contribution in [0.4, 0.5) is 4.79 Å². The molecule has 1 aliphatic heterocycles. The highest BCUT2D eigenvalue weighted by Gasteiger charge is 2.43. The van der Waals surface area contributed by atoms with E-state index in [0.717, 1.165) is 5.56 Å². The fraction of sp³-hybridized carbons (Fsp3) is 0.619. The SMILES string of the molecule is CC(C)(C)OC(=O)[C@@H]1C[C@@H](OCc2ccccc2)CN1C(=O)OC(C)(C)C. The number of ether oxygens (including phenoxy) is 3. The van der Waals surface area contributed by atoms with Crippen molar-refractivity contribution >= 4 is 12.1 Å². The highest BCUT2D eigenvalue weighted by Crippen LogP contribution is 2.26. The van der Waals surface area contributed by atoms with Gasteiger partial charge in [-0.05, 0) is 47.1 Å². The maximum absolute atomic E-state index is 12.6. The maximum atomic E-state index is 12.6. The van der Waals surface area contributed by atoms with Crippen molar-refractivity contribution in [1.82, 2.24) is 4.90 Å². The molecule has 0 spiro atoms. The molecule has 1 aromatic carbocycles. The molecule has 0 aliphatic carbocycles. The Morgan fingerprint density at radius 1 is 1.00 bits per heavy atom. The molecule has 27 heavy (non-hydrogen) atoms. The molecule has 0 bridgehead atoms. The molecular formula is C21H31NO5. The average Bonchev–Trinajstić information content (AvgIpc) is 2.95. The van der Waals surface area contributed by atoms with Crippen LogP contribution in [0.25, 0.3) is 0 Å². The molecule has 0 unspecified atom stereocenters. The summed E-state index contributed by atoms with van der Waals surface area (Å²) in [5.41, 5.74) is -0.222. The number of hydrogen-bond donors (Lipinski definition) is 0. The molecule has 1 heterocycles. The first-order valence-electron chi connectivity index (χ1n) is 9.32. The van der Waals surface area contributed by atoms with Crippen LogP contribution in [0.1, 0.15) is 53.5 Å². The van der Waals surface area contributed by atoms with Gasteiger partial charge in [0.2, 0.25) is 0 Å². The first kappa shape index (κ1) is 21.2. The summed E-state index contributed by atoms with van der Waals surface area (Å²) in [6.45, 7) is 11.5. The van der Waals surface area contributed by atoms with Crippen molar-refractivity contribution in [2.24, 2.45) is 0 Å². The molecule has 1 saturated heterocycles. The fourth-order valence-corrected chi connectivity index (χ4v) is 2.82. The topological polar surface area (TPSA) is 65.1 Å². The molecule has 0 saturated carbocycles. The Balaban J connectivity index is 2.07. The zero-order chi connectivity index (χ0) is 20.2. The molecule has 1 fully saturated rings. The molecule has 0 N–H and O–H groups in total. The van der Waals surface area contributed by atoms with Crippen LogP contribution in [-0.2, 0) is 25.6 Å². The van der Waals surface area contributed by atoms with Gasteiger partial charge in [0, 0.05) is 6.42 Å². The second kappa shape index (κ2) is 8.30. The van der Waals surface area contributed by atoms with Crippen molar-refractivity contribution in [3.63, 3.8) is 0 Å². The van der Waals surface area contributed by atoms with Gasteiger partial charge >= 0.3 is 12.1 Å². The van der Waals surface area contributed by atoms with Gasteiger partial charge in [-0.2, -0.15) is 0 Å². The zero-order valence-electron chi connectivity index (χ0n) is 17.2. The fourth-order valence-electron chi connectivity index (χ4n) is 2.82. The van der Waals surface area contributed by atoms with E-state index in [4.69, 9.17) is 14.2 Å². The minimum atomic E-state index is -0.708. The summed E-state index contributed by atoms with van der Waals surface area (Å²) >= 11 is 0. The monoisotopic (exact) mass is 377 g/mol. The lowest BCUT2D eigenvalue weighted by Gasteiger charge is -2.29. The van der Waals surface area contributed by atoms with Gasteiger partial charge in [0.1, 0.15) is 17.2 Å². The third-order valence-electron chi connectivity index (χ3n) is 3.90. The number of carbonyl (C=O) groups is 2. The van der Waals surface area contributed by atoms with E-state index in [-0.39, 0.29) is 6.10 Å². The van der Waals surface area contributed by atoms with Crippen molar-refractivity contribution in [2.45, 2.75) is 77.9 Å². The van der Waals surface area contributed by atoms with Crippen molar-refractivity contribution in [3.8, 4) is 0 Å². The number of hydrogen-bond acceptors (Lipinski definition) is 5. The first-order valence-corrected chi connectivity index (χ1v) is 9.32. The normalized spacial score (nSPS) is 20.4. The summed E-state index contributed by atoms with van der Waals surface area (Å²) in [6.07, 6.45) is -0.388. The Morgan fingerprint density at radius 3 is 2.15 bits per heavy atom. The lowest BCUT2D eigenvalue weighted by Crippen LogP contribution is -2.45. The number of nitrogens with zero attached hydrogens (tertiary/aromatic N) is 1. The van der Waals surface area contributed by atoms with Crippen molar-refractivity contribution < 1.29 is 23.8 Å². The summed E-state index contributed by atoms with van der Waals surface area (Å²) in [5.74, 6) is -0.431. The third kappa shape index (κ3) is 6.86. The van der Waals surface area contributed by atoms with E-state index >= 15 is 0 Å². The molecule has 1 aromatic rings. The number of likely N-dealkylation sites (tertiary alicyclic amines) is 1. The Hall–Kier alpha value is -2.08. The quantitative estimate of drug-likeness (QED) is 0.744. The maximum Gasteiger partial charge on any atom is 0.411 e. The van der Waals surface area contributed by atoms with Gasteiger partial charge in [-0.15, -0.1) is 0 Å². The van der Waals surface area contributed by atoms with Gasteiger partial charge in [0.05, 0.1) is 19.3 Å². The molecule has 2 rings (SSSR count). The molecule has 2 atom stereocenters. The minimum Gasteiger partial charge on any atom is -0.458 e. The smallest absolute Gasteiger partial charge is 0.411 e. The van der Waals surface area contributed by atoms with E-state index in [1.54, 1.807) is 41.5 Å². The molecule has 150 valence electrons.